The van der Waals surface area contributed by atoms with E-state index in [1.165, 1.54) is 0 Å². The van der Waals surface area contributed by atoms with Gasteiger partial charge in [-0.05, 0) is 44.8 Å². The second kappa shape index (κ2) is 10.9. The van der Waals surface area contributed by atoms with Gasteiger partial charge in [0.15, 0.2) is 0 Å². The van der Waals surface area contributed by atoms with E-state index in [0.717, 1.165) is 12.1 Å². The first kappa shape index (κ1) is 19.3. The highest BCUT2D eigenvalue weighted by atomic mass is 35.5. The second-order valence-electron chi connectivity index (χ2n) is 4.94. The number of rotatable bonds is 10. The van der Waals surface area contributed by atoms with Crippen molar-refractivity contribution in [2.75, 3.05) is 26.0 Å². The molecule has 0 saturated carbocycles. The zero-order valence-corrected chi connectivity index (χ0v) is 14.4. The number of aliphatic imine (C=N–C) groups is 1. The monoisotopic (exact) mass is 338 g/mol. The largest absolute Gasteiger partial charge is 0.384 e. The summed E-state index contributed by atoms with van der Waals surface area (Å²) in [4.78, 5) is 8.12. The maximum absolute atomic E-state index is 14.4. The van der Waals surface area contributed by atoms with Crippen molar-refractivity contribution in [1.29, 1.82) is 0 Å². The maximum atomic E-state index is 14.4. The number of likely N-dealkylation sites (N-methyl/N-ethyl adjacent to an activating group) is 1. The summed E-state index contributed by atoms with van der Waals surface area (Å²) in [6, 6.07) is 3.36. The van der Waals surface area contributed by atoms with E-state index in [0.29, 0.717) is 24.2 Å². The van der Waals surface area contributed by atoms with Crippen molar-refractivity contribution >= 4 is 18.3 Å². The lowest BCUT2D eigenvalue weighted by Gasteiger charge is -2.21. The number of nitrogens with one attached hydrogen (secondary N) is 2. The molecule has 4 nitrogen and oxygen atoms in total. The summed E-state index contributed by atoms with van der Waals surface area (Å²) >= 11 is 5.74. The predicted molar refractivity (Wildman–Crippen MR) is 95.8 cm³/mol. The van der Waals surface area contributed by atoms with E-state index >= 15 is 0 Å². The Kier molecular flexibility index (Phi) is 9.17. The second-order valence-corrected chi connectivity index (χ2v) is 5.21. The minimum Gasteiger partial charge on any atom is -0.384 e. The highest BCUT2D eigenvalue weighted by molar-refractivity contribution is 6.19. The fourth-order valence-electron chi connectivity index (χ4n) is 2.25. The van der Waals surface area contributed by atoms with Gasteiger partial charge in [0, 0.05) is 36.8 Å². The molecule has 0 aliphatic rings. The molecule has 0 aliphatic heterocycles. The van der Waals surface area contributed by atoms with E-state index in [4.69, 9.17) is 11.6 Å². The van der Waals surface area contributed by atoms with Gasteiger partial charge in [0.25, 0.3) is 0 Å². The lowest BCUT2D eigenvalue weighted by Crippen LogP contribution is -2.28. The van der Waals surface area contributed by atoms with Crippen LogP contribution < -0.4 is 10.6 Å². The Bertz CT molecular complexity index is 543. The minimum absolute atomic E-state index is 0.192. The van der Waals surface area contributed by atoms with Crippen molar-refractivity contribution in [3.63, 3.8) is 0 Å². The Morgan fingerprint density at radius 2 is 2.13 bits per heavy atom. The molecule has 0 radical (unpaired) electrons. The van der Waals surface area contributed by atoms with Crippen LogP contribution in [-0.2, 0) is 6.42 Å². The molecule has 23 heavy (non-hydrogen) atoms. The SMILES string of the molecule is C=NC(Cc1ccncc1)C(/C(=C\C)NCCNC)=C(\F)CCl. The van der Waals surface area contributed by atoms with E-state index in [1.807, 2.05) is 32.2 Å². The zero-order chi connectivity index (χ0) is 17.1. The van der Waals surface area contributed by atoms with Gasteiger partial charge in [-0.25, -0.2) is 4.39 Å². The number of pyridine rings is 1. The van der Waals surface area contributed by atoms with Gasteiger partial charge in [-0.2, -0.15) is 0 Å². The van der Waals surface area contributed by atoms with Gasteiger partial charge < -0.3 is 10.6 Å². The van der Waals surface area contributed by atoms with E-state index in [2.05, 4.69) is 27.3 Å². The Morgan fingerprint density at radius 3 is 2.65 bits per heavy atom. The third-order valence-corrected chi connectivity index (χ3v) is 3.65. The van der Waals surface area contributed by atoms with Gasteiger partial charge in [0.2, 0.25) is 0 Å². The molecule has 0 fully saturated rings. The summed E-state index contributed by atoms with van der Waals surface area (Å²) in [6.45, 7) is 6.93. The molecule has 0 spiro atoms. The predicted octanol–water partition coefficient (Wildman–Crippen LogP) is 2.87. The summed E-state index contributed by atoms with van der Waals surface area (Å²) in [6.07, 6.45) is 5.79. The number of nitrogens with zero attached hydrogens (tertiary/aromatic N) is 2. The van der Waals surface area contributed by atoms with Crippen molar-refractivity contribution in [2.45, 2.75) is 19.4 Å². The molecule has 1 aromatic rings. The quantitative estimate of drug-likeness (QED) is 0.298. The minimum atomic E-state index is -0.413. The highest BCUT2D eigenvalue weighted by Crippen LogP contribution is 2.24. The molecule has 0 bridgehead atoms. The number of hydrogen-bond acceptors (Lipinski definition) is 4. The standard InChI is InChI=1S/C17H24ClFN4/c1-4-15(23-10-9-20-2)17(14(19)12-18)16(21-3)11-13-5-7-22-8-6-13/h4-8,16,20,23H,3,9-12H2,1-2H3/b15-4+,17-14-. The first-order chi connectivity index (χ1) is 11.2. The number of hydrogen-bond donors (Lipinski definition) is 2. The van der Waals surface area contributed by atoms with Crippen LogP contribution in [0, 0.1) is 0 Å². The molecule has 126 valence electrons. The average molecular weight is 339 g/mol. The smallest absolute Gasteiger partial charge is 0.122 e. The lowest BCUT2D eigenvalue weighted by atomic mass is 9.96. The third-order valence-electron chi connectivity index (χ3n) is 3.41. The van der Waals surface area contributed by atoms with Crippen LogP contribution in [0.15, 0.2) is 52.7 Å². The Morgan fingerprint density at radius 1 is 1.43 bits per heavy atom. The van der Waals surface area contributed by atoms with Crippen LogP contribution in [0.4, 0.5) is 4.39 Å². The molecule has 0 amide bonds. The number of alkyl halides is 1. The van der Waals surface area contributed by atoms with Crippen molar-refractivity contribution in [2.24, 2.45) is 4.99 Å². The summed E-state index contributed by atoms with van der Waals surface area (Å²) < 4.78 is 14.4. The molecule has 1 atom stereocenters. The van der Waals surface area contributed by atoms with E-state index in [9.17, 15) is 4.39 Å². The topological polar surface area (TPSA) is 49.3 Å². The molecular formula is C17H24ClFN4. The van der Waals surface area contributed by atoms with Crippen LogP contribution >= 0.6 is 11.6 Å². The first-order valence-electron chi connectivity index (χ1n) is 7.52. The summed E-state index contributed by atoms with van der Waals surface area (Å²) in [5.41, 5.74) is 2.18. The van der Waals surface area contributed by atoms with Crippen LogP contribution in [-0.4, -0.2) is 43.8 Å². The van der Waals surface area contributed by atoms with Crippen LogP contribution in [0.2, 0.25) is 0 Å². The highest BCUT2D eigenvalue weighted by Gasteiger charge is 2.21. The van der Waals surface area contributed by atoms with Crippen molar-refractivity contribution in [1.82, 2.24) is 15.6 Å². The molecule has 1 aromatic heterocycles. The van der Waals surface area contributed by atoms with Gasteiger partial charge in [-0.3, -0.25) is 9.98 Å². The molecule has 1 rings (SSSR count). The van der Waals surface area contributed by atoms with Gasteiger partial charge >= 0.3 is 0 Å². The van der Waals surface area contributed by atoms with E-state index in [1.54, 1.807) is 12.4 Å². The van der Waals surface area contributed by atoms with Crippen LogP contribution in [0.25, 0.3) is 0 Å². The molecule has 0 aliphatic carbocycles. The number of allylic oxidation sites excluding steroid dienone is 2. The molecule has 0 saturated heterocycles. The average Bonchev–Trinajstić information content (AvgIpc) is 2.60. The summed E-state index contributed by atoms with van der Waals surface area (Å²) in [5, 5.41) is 6.27. The lowest BCUT2D eigenvalue weighted by molar-refractivity contribution is 0.598. The molecular weight excluding hydrogens is 315 g/mol. The Hall–Kier alpha value is -1.72. The normalized spacial score (nSPS) is 14.2. The Balaban J connectivity index is 3.05. The van der Waals surface area contributed by atoms with Crippen molar-refractivity contribution < 1.29 is 4.39 Å². The summed E-state index contributed by atoms with van der Waals surface area (Å²) in [7, 11) is 1.87. The van der Waals surface area contributed by atoms with Gasteiger partial charge in [-0.15, -0.1) is 11.6 Å². The fourth-order valence-corrected chi connectivity index (χ4v) is 2.40. The van der Waals surface area contributed by atoms with Crippen LogP contribution in [0.1, 0.15) is 12.5 Å². The zero-order valence-electron chi connectivity index (χ0n) is 13.6. The Labute approximate surface area is 142 Å². The first-order valence-corrected chi connectivity index (χ1v) is 8.05. The van der Waals surface area contributed by atoms with E-state index in [-0.39, 0.29) is 11.7 Å². The van der Waals surface area contributed by atoms with Crippen molar-refractivity contribution in [3.8, 4) is 0 Å². The molecule has 0 aromatic carbocycles. The van der Waals surface area contributed by atoms with E-state index < -0.39 is 6.04 Å². The van der Waals surface area contributed by atoms with Crippen LogP contribution in [0.5, 0.6) is 0 Å². The molecule has 2 N–H and O–H groups in total. The molecule has 6 heteroatoms. The number of aromatic nitrogens is 1. The van der Waals surface area contributed by atoms with Crippen LogP contribution in [0.3, 0.4) is 0 Å². The number of halogens is 2. The maximum Gasteiger partial charge on any atom is 0.122 e. The fraction of sp³-hybridized carbons (Fsp3) is 0.412. The molecule has 1 unspecified atom stereocenters. The van der Waals surface area contributed by atoms with Gasteiger partial charge in [-0.1, -0.05) is 6.08 Å². The van der Waals surface area contributed by atoms with Crippen molar-refractivity contribution in [3.05, 3.63) is 53.3 Å². The van der Waals surface area contributed by atoms with Gasteiger partial charge in [0.1, 0.15) is 5.83 Å². The third kappa shape index (κ3) is 6.12. The summed E-state index contributed by atoms with van der Waals surface area (Å²) in [5.74, 6) is -0.578. The van der Waals surface area contributed by atoms with Gasteiger partial charge in [0.05, 0.1) is 11.9 Å². The molecule has 1 heterocycles.